The van der Waals surface area contributed by atoms with Gasteiger partial charge in [0.25, 0.3) is 0 Å². The van der Waals surface area contributed by atoms with Gasteiger partial charge >= 0.3 is 0 Å². The molecule has 1 atom stereocenters. The molecule has 0 amide bonds. The Morgan fingerprint density at radius 2 is 1.92 bits per heavy atom. The van der Waals surface area contributed by atoms with Crippen LogP contribution in [-0.2, 0) is 10.8 Å². The van der Waals surface area contributed by atoms with Crippen LogP contribution in [0.1, 0.15) is 19.8 Å². The molecule has 0 radical (unpaired) electrons. The van der Waals surface area contributed by atoms with Gasteiger partial charge in [-0.25, -0.2) is 0 Å². The van der Waals surface area contributed by atoms with Crippen LogP contribution in [0, 0.1) is 0 Å². The lowest BCUT2D eigenvalue weighted by Gasteiger charge is -2.01. The number of allylic oxidation sites excluding steroid dienone is 5. The highest BCUT2D eigenvalue weighted by Gasteiger charge is 1.98. The van der Waals surface area contributed by atoms with E-state index < -0.39 is 10.8 Å². The Morgan fingerprint density at radius 3 is 2.58 bits per heavy atom. The van der Waals surface area contributed by atoms with Crippen LogP contribution in [0.5, 0.6) is 0 Å². The topological polar surface area (TPSA) is 17.1 Å². The highest BCUT2D eigenvalue weighted by atomic mass is 32.2. The summed E-state index contributed by atoms with van der Waals surface area (Å²) in [5.74, 6) is 0. The predicted molar refractivity (Wildman–Crippen MR) is 54.3 cm³/mol. The molecule has 0 aromatic rings. The van der Waals surface area contributed by atoms with Crippen molar-refractivity contribution in [2.75, 3.05) is 6.26 Å². The minimum Gasteiger partial charge on any atom is -0.255 e. The third-order valence-electron chi connectivity index (χ3n) is 1.82. The van der Waals surface area contributed by atoms with Crippen LogP contribution in [-0.4, -0.2) is 10.5 Å². The van der Waals surface area contributed by atoms with E-state index in [0.717, 1.165) is 17.7 Å². The summed E-state index contributed by atoms with van der Waals surface area (Å²) in [6, 6.07) is 0. The second kappa shape index (κ2) is 4.41. The van der Waals surface area contributed by atoms with Crippen molar-refractivity contribution < 1.29 is 4.21 Å². The Hall–Kier alpha value is -0.630. The minimum absolute atomic E-state index is 0.839. The van der Waals surface area contributed by atoms with Gasteiger partial charge in [-0.2, -0.15) is 0 Å². The van der Waals surface area contributed by atoms with Gasteiger partial charge in [0.05, 0.1) is 0 Å². The lowest BCUT2D eigenvalue weighted by molar-refractivity contribution is 0.690. The Balaban J connectivity index is 2.84. The Morgan fingerprint density at radius 1 is 1.25 bits per heavy atom. The molecule has 1 aliphatic carbocycles. The van der Waals surface area contributed by atoms with Crippen molar-refractivity contribution in [3.63, 3.8) is 0 Å². The number of hydrogen-bond acceptors (Lipinski definition) is 1. The number of rotatable bonds is 1. The Kier molecular flexibility index (Phi) is 3.48. The van der Waals surface area contributed by atoms with Crippen molar-refractivity contribution in [3.05, 3.63) is 34.8 Å². The van der Waals surface area contributed by atoms with E-state index >= 15 is 0 Å². The standard InChI is InChI=1S/C10H14OS/c1-9-5-3-4-6-10(8-7-9)12(2)11/h5-8H,3-4H2,1-2H3/b8-7?,9-5?,10-6-. The first-order valence-corrected chi connectivity index (χ1v) is 5.64. The van der Waals surface area contributed by atoms with Gasteiger partial charge in [0.1, 0.15) is 0 Å². The fraction of sp³-hybridized carbons (Fsp3) is 0.400. The molecular weight excluding hydrogens is 168 g/mol. The normalized spacial score (nSPS) is 24.8. The van der Waals surface area contributed by atoms with Gasteiger partial charge < -0.3 is 0 Å². The molecule has 0 heterocycles. The van der Waals surface area contributed by atoms with E-state index in [4.69, 9.17) is 0 Å². The van der Waals surface area contributed by atoms with Gasteiger partial charge in [-0.3, -0.25) is 4.21 Å². The van der Waals surface area contributed by atoms with E-state index in [-0.39, 0.29) is 0 Å². The fourth-order valence-corrected chi connectivity index (χ4v) is 1.71. The summed E-state index contributed by atoms with van der Waals surface area (Å²) in [6.45, 7) is 2.07. The van der Waals surface area contributed by atoms with Crippen LogP contribution >= 0.6 is 0 Å². The second-order valence-electron chi connectivity index (χ2n) is 2.92. The van der Waals surface area contributed by atoms with Crippen LogP contribution < -0.4 is 0 Å². The SMILES string of the molecule is CC1=CCC/C=C(\S(C)=O)C=C1. The molecule has 66 valence electrons. The summed E-state index contributed by atoms with van der Waals surface area (Å²) in [7, 11) is -0.839. The van der Waals surface area contributed by atoms with Crippen LogP contribution in [0.25, 0.3) is 0 Å². The van der Waals surface area contributed by atoms with Gasteiger partial charge in [-0.1, -0.05) is 23.8 Å². The van der Waals surface area contributed by atoms with Crippen molar-refractivity contribution in [3.8, 4) is 0 Å². The molecular formula is C10H14OS. The average molecular weight is 182 g/mol. The first kappa shape index (κ1) is 9.46. The maximum absolute atomic E-state index is 11.1. The highest BCUT2D eigenvalue weighted by molar-refractivity contribution is 7.88. The molecule has 0 aliphatic heterocycles. The number of hydrogen-bond donors (Lipinski definition) is 0. The predicted octanol–water partition coefficient (Wildman–Crippen LogP) is 2.55. The smallest absolute Gasteiger partial charge is 0.0494 e. The summed E-state index contributed by atoms with van der Waals surface area (Å²) >= 11 is 0. The van der Waals surface area contributed by atoms with Gasteiger partial charge in [0.2, 0.25) is 0 Å². The van der Waals surface area contributed by atoms with Crippen molar-refractivity contribution in [1.29, 1.82) is 0 Å². The fourth-order valence-electron chi connectivity index (χ4n) is 1.10. The van der Waals surface area contributed by atoms with Crippen molar-refractivity contribution in [1.82, 2.24) is 0 Å². The summed E-state index contributed by atoms with van der Waals surface area (Å²) in [6.07, 6.45) is 12.0. The van der Waals surface area contributed by atoms with Crippen molar-refractivity contribution in [2.24, 2.45) is 0 Å². The van der Waals surface area contributed by atoms with Gasteiger partial charge in [0.15, 0.2) is 0 Å². The highest BCUT2D eigenvalue weighted by Crippen LogP contribution is 2.12. The lowest BCUT2D eigenvalue weighted by atomic mass is 10.1. The lowest BCUT2D eigenvalue weighted by Crippen LogP contribution is -1.90. The quantitative estimate of drug-likeness (QED) is 0.609. The van der Waals surface area contributed by atoms with Crippen LogP contribution in [0.4, 0.5) is 0 Å². The van der Waals surface area contributed by atoms with E-state index in [9.17, 15) is 4.21 Å². The Bertz CT molecular complexity index is 272. The van der Waals surface area contributed by atoms with Crippen molar-refractivity contribution >= 4 is 10.8 Å². The van der Waals surface area contributed by atoms with Crippen LogP contribution in [0.3, 0.4) is 0 Å². The molecule has 1 aliphatic rings. The molecule has 1 unspecified atom stereocenters. The molecule has 0 saturated heterocycles. The summed E-state index contributed by atoms with van der Waals surface area (Å²) < 4.78 is 11.1. The van der Waals surface area contributed by atoms with Gasteiger partial charge in [-0.05, 0) is 25.8 Å². The van der Waals surface area contributed by atoms with E-state index in [1.54, 1.807) is 6.26 Å². The molecule has 12 heavy (non-hydrogen) atoms. The summed E-state index contributed by atoms with van der Waals surface area (Å²) in [4.78, 5) is 0.947. The molecule has 2 heteroatoms. The van der Waals surface area contributed by atoms with Gasteiger partial charge in [0, 0.05) is 22.0 Å². The van der Waals surface area contributed by atoms with E-state index in [2.05, 4.69) is 19.1 Å². The minimum atomic E-state index is -0.839. The largest absolute Gasteiger partial charge is 0.255 e. The monoisotopic (exact) mass is 182 g/mol. The molecule has 0 aromatic heterocycles. The first-order chi connectivity index (χ1) is 5.70. The zero-order chi connectivity index (χ0) is 8.97. The Labute approximate surface area is 76.3 Å². The van der Waals surface area contributed by atoms with E-state index in [0.29, 0.717) is 0 Å². The van der Waals surface area contributed by atoms with Crippen LogP contribution in [0.2, 0.25) is 0 Å². The van der Waals surface area contributed by atoms with Crippen LogP contribution in [0.15, 0.2) is 34.8 Å². The molecule has 0 bridgehead atoms. The molecule has 1 rings (SSSR count). The molecule has 0 N–H and O–H groups in total. The molecule has 0 saturated carbocycles. The van der Waals surface area contributed by atoms with Crippen molar-refractivity contribution in [2.45, 2.75) is 19.8 Å². The van der Waals surface area contributed by atoms with Gasteiger partial charge in [-0.15, -0.1) is 0 Å². The molecule has 1 nitrogen and oxygen atoms in total. The first-order valence-electron chi connectivity index (χ1n) is 4.08. The molecule has 0 spiro atoms. The summed E-state index contributed by atoms with van der Waals surface area (Å²) in [5.41, 5.74) is 1.26. The zero-order valence-electron chi connectivity index (χ0n) is 7.54. The molecule has 0 aromatic carbocycles. The zero-order valence-corrected chi connectivity index (χ0v) is 8.36. The maximum Gasteiger partial charge on any atom is 0.0494 e. The van der Waals surface area contributed by atoms with E-state index in [1.807, 2.05) is 12.2 Å². The average Bonchev–Trinajstić information content (AvgIpc) is 1.97. The maximum atomic E-state index is 11.1. The third kappa shape index (κ3) is 2.78. The molecule has 0 fully saturated rings. The van der Waals surface area contributed by atoms with E-state index in [1.165, 1.54) is 5.57 Å². The third-order valence-corrected chi connectivity index (χ3v) is 2.79. The second-order valence-corrected chi connectivity index (χ2v) is 4.30. The summed E-state index contributed by atoms with van der Waals surface area (Å²) in [5, 5.41) is 0.